The maximum absolute atomic E-state index is 13.0. The van der Waals surface area contributed by atoms with Gasteiger partial charge in [0.05, 0.1) is 10.5 Å². The van der Waals surface area contributed by atoms with E-state index in [1.54, 1.807) is 0 Å². The first-order valence-electron chi connectivity index (χ1n) is 6.43. The van der Waals surface area contributed by atoms with Gasteiger partial charge in [-0.05, 0) is 30.3 Å². The molecule has 0 aliphatic carbocycles. The molecule has 0 aliphatic heterocycles. The van der Waals surface area contributed by atoms with Crippen LogP contribution in [0, 0.1) is 15.9 Å². The molecule has 0 radical (unpaired) electrons. The van der Waals surface area contributed by atoms with E-state index in [1.807, 2.05) is 0 Å². The van der Waals surface area contributed by atoms with Crippen molar-refractivity contribution in [2.45, 2.75) is 0 Å². The monoisotopic (exact) mass is 318 g/mol. The molecule has 0 aliphatic rings. The van der Waals surface area contributed by atoms with E-state index < -0.39 is 29.2 Å². The second-order valence-corrected chi connectivity index (χ2v) is 4.44. The molecule has 2 rings (SSSR count). The Balaban J connectivity index is 1.88. The zero-order valence-electron chi connectivity index (χ0n) is 11.7. The van der Waals surface area contributed by atoms with Crippen molar-refractivity contribution in [1.82, 2.24) is 0 Å². The van der Waals surface area contributed by atoms with Crippen LogP contribution in [0.5, 0.6) is 0 Å². The molecule has 0 fully saturated rings. The van der Waals surface area contributed by atoms with Crippen LogP contribution in [0.25, 0.3) is 0 Å². The third-order valence-electron chi connectivity index (χ3n) is 2.76. The molecule has 7 nitrogen and oxygen atoms in total. The van der Waals surface area contributed by atoms with Gasteiger partial charge < -0.3 is 10.1 Å². The maximum atomic E-state index is 13.0. The summed E-state index contributed by atoms with van der Waals surface area (Å²) in [5.74, 6) is -1.94. The van der Waals surface area contributed by atoms with Gasteiger partial charge in [0.15, 0.2) is 6.61 Å². The van der Waals surface area contributed by atoms with Crippen LogP contribution in [0.15, 0.2) is 48.5 Å². The number of carbonyl (C=O) groups excluding carboxylic acids is 2. The molecule has 0 heterocycles. The fraction of sp³-hybridized carbons (Fsp3) is 0.0667. The van der Waals surface area contributed by atoms with Crippen LogP contribution >= 0.6 is 0 Å². The second-order valence-electron chi connectivity index (χ2n) is 4.44. The van der Waals surface area contributed by atoms with E-state index >= 15 is 0 Å². The van der Waals surface area contributed by atoms with Gasteiger partial charge in [-0.2, -0.15) is 0 Å². The summed E-state index contributed by atoms with van der Waals surface area (Å²) < 4.78 is 17.7. The van der Waals surface area contributed by atoms with Crippen molar-refractivity contribution in [1.29, 1.82) is 0 Å². The van der Waals surface area contributed by atoms with Gasteiger partial charge >= 0.3 is 5.97 Å². The Morgan fingerprint density at radius 3 is 2.48 bits per heavy atom. The molecule has 8 heteroatoms. The van der Waals surface area contributed by atoms with Crippen LogP contribution in [-0.4, -0.2) is 23.4 Å². The second kappa shape index (κ2) is 7.12. The Morgan fingerprint density at radius 1 is 1.17 bits per heavy atom. The summed E-state index contributed by atoms with van der Waals surface area (Å²) in [5, 5.41) is 12.9. The number of halogens is 1. The highest BCUT2D eigenvalue weighted by Gasteiger charge is 2.12. The molecule has 1 amide bonds. The lowest BCUT2D eigenvalue weighted by Gasteiger charge is -2.06. The van der Waals surface area contributed by atoms with Gasteiger partial charge in [0, 0.05) is 17.8 Å². The van der Waals surface area contributed by atoms with Crippen LogP contribution < -0.4 is 5.32 Å². The fourth-order valence-corrected chi connectivity index (χ4v) is 1.70. The maximum Gasteiger partial charge on any atom is 0.338 e. The standard InChI is InChI=1S/C15H11FN2O5/c16-11-2-1-3-12(8-11)17-14(19)9-23-15(20)10-4-6-13(7-5-10)18(21)22/h1-8H,9H2,(H,17,19). The number of benzene rings is 2. The van der Waals surface area contributed by atoms with E-state index in [1.165, 1.54) is 30.3 Å². The molecule has 0 saturated heterocycles. The lowest BCUT2D eigenvalue weighted by Crippen LogP contribution is -2.21. The summed E-state index contributed by atoms with van der Waals surface area (Å²) in [6.45, 7) is -0.563. The van der Waals surface area contributed by atoms with Crippen molar-refractivity contribution < 1.29 is 23.6 Å². The SMILES string of the molecule is O=C(COC(=O)c1ccc([N+](=O)[O-])cc1)Nc1cccc(F)c1. The third-order valence-corrected chi connectivity index (χ3v) is 2.76. The molecule has 0 unspecified atom stereocenters. The van der Waals surface area contributed by atoms with Gasteiger partial charge in [0.25, 0.3) is 11.6 Å². The topological polar surface area (TPSA) is 98.5 Å². The number of nitrogens with one attached hydrogen (secondary N) is 1. The van der Waals surface area contributed by atoms with Crippen molar-refractivity contribution in [3.05, 3.63) is 70.0 Å². The molecule has 0 bridgehead atoms. The van der Waals surface area contributed by atoms with E-state index in [4.69, 9.17) is 4.74 Å². The summed E-state index contributed by atoms with van der Waals surface area (Å²) >= 11 is 0. The Morgan fingerprint density at radius 2 is 1.87 bits per heavy atom. The van der Waals surface area contributed by atoms with Crippen LogP contribution in [0.1, 0.15) is 10.4 Å². The van der Waals surface area contributed by atoms with E-state index in [-0.39, 0.29) is 16.9 Å². The number of hydrogen-bond acceptors (Lipinski definition) is 5. The predicted octanol–water partition coefficient (Wildman–Crippen LogP) is 2.53. The zero-order chi connectivity index (χ0) is 16.8. The number of rotatable bonds is 5. The number of amides is 1. The Labute approximate surface area is 129 Å². The molecule has 118 valence electrons. The summed E-state index contributed by atoms with van der Waals surface area (Å²) in [6, 6.07) is 10.0. The first-order chi connectivity index (χ1) is 11.0. The summed E-state index contributed by atoms with van der Waals surface area (Å²) in [4.78, 5) is 33.2. The molecule has 2 aromatic rings. The zero-order valence-corrected chi connectivity index (χ0v) is 11.7. The van der Waals surface area contributed by atoms with Gasteiger partial charge in [-0.15, -0.1) is 0 Å². The lowest BCUT2D eigenvalue weighted by molar-refractivity contribution is -0.384. The highest BCUT2D eigenvalue weighted by molar-refractivity contribution is 5.95. The minimum atomic E-state index is -0.797. The largest absolute Gasteiger partial charge is 0.452 e. The van der Waals surface area contributed by atoms with Gasteiger partial charge in [-0.3, -0.25) is 14.9 Å². The molecule has 0 aromatic heterocycles. The highest BCUT2D eigenvalue weighted by atomic mass is 19.1. The Kier molecular flexibility index (Phi) is 4.98. The number of esters is 1. The predicted molar refractivity (Wildman–Crippen MR) is 78.4 cm³/mol. The lowest BCUT2D eigenvalue weighted by atomic mass is 10.2. The number of ether oxygens (including phenoxy) is 1. The van der Waals surface area contributed by atoms with Gasteiger partial charge in [-0.25, -0.2) is 9.18 Å². The number of anilines is 1. The number of hydrogen-bond donors (Lipinski definition) is 1. The average molecular weight is 318 g/mol. The molecular weight excluding hydrogens is 307 g/mol. The van der Waals surface area contributed by atoms with Crippen LogP contribution in [0.4, 0.5) is 15.8 Å². The number of non-ortho nitro benzene ring substituents is 1. The van der Waals surface area contributed by atoms with Crippen molar-refractivity contribution in [2.75, 3.05) is 11.9 Å². The first kappa shape index (κ1) is 16.1. The first-order valence-corrected chi connectivity index (χ1v) is 6.43. The number of nitrogens with zero attached hydrogens (tertiary/aromatic N) is 1. The van der Waals surface area contributed by atoms with Crippen molar-refractivity contribution >= 4 is 23.3 Å². The van der Waals surface area contributed by atoms with Gasteiger partial charge in [0.2, 0.25) is 0 Å². The number of nitro benzene ring substituents is 1. The molecule has 0 atom stereocenters. The van der Waals surface area contributed by atoms with E-state index in [0.29, 0.717) is 0 Å². The fourth-order valence-electron chi connectivity index (χ4n) is 1.70. The van der Waals surface area contributed by atoms with Gasteiger partial charge in [-0.1, -0.05) is 6.07 Å². The van der Waals surface area contributed by atoms with E-state index in [0.717, 1.165) is 18.2 Å². The van der Waals surface area contributed by atoms with E-state index in [9.17, 15) is 24.1 Å². The minimum Gasteiger partial charge on any atom is -0.452 e. The summed E-state index contributed by atoms with van der Waals surface area (Å²) in [5.41, 5.74) is 0.154. The van der Waals surface area contributed by atoms with Crippen molar-refractivity contribution in [3.8, 4) is 0 Å². The molecular formula is C15H11FN2O5. The van der Waals surface area contributed by atoms with Crippen molar-refractivity contribution in [2.24, 2.45) is 0 Å². The van der Waals surface area contributed by atoms with E-state index in [2.05, 4.69) is 5.32 Å². The number of carbonyl (C=O) groups is 2. The molecule has 23 heavy (non-hydrogen) atoms. The average Bonchev–Trinajstić information content (AvgIpc) is 2.52. The Bertz CT molecular complexity index is 746. The van der Waals surface area contributed by atoms with Crippen molar-refractivity contribution in [3.63, 3.8) is 0 Å². The van der Waals surface area contributed by atoms with Gasteiger partial charge in [0.1, 0.15) is 5.82 Å². The highest BCUT2D eigenvalue weighted by Crippen LogP contribution is 2.13. The van der Waals surface area contributed by atoms with Crippen LogP contribution in [0.3, 0.4) is 0 Å². The molecule has 2 aromatic carbocycles. The minimum absolute atomic E-state index is 0.0779. The molecule has 0 saturated carbocycles. The third kappa shape index (κ3) is 4.60. The van der Waals surface area contributed by atoms with Crippen LogP contribution in [0.2, 0.25) is 0 Å². The molecule has 1 N–H and O–H groups in total. The quantitative estimate of drug-likeness (QED) is 0.519. The number of nitro groups is 1. The van der Waals surface area contributed by atoms with Crippen LogP contribution in [-0.2, 0) is 9.53 Å². The molecule has 0 spiro atoms. The Hall–Kier alpha value is -3.29. The summed E-state index contributed by atoms with van der Waals surface area (Å²) in [7, 11) is 0. The summed E-state index contributed by atoms with van der Waals surface area (Å²) in [6.07, 6.45) is 0. The normalized spacial score (nSPS) is 9.96. The smallest absolute Gasteiger partial charge is 0.338 e.